The SMILES string of the molecule is CCCn1cc(NCc2c(Cl)ccc(Cl)c2Cl)ccc1=O. The lowest BCUT2D eigenvalue weighted by Crippen LogP contribution is -2.18. The van der Waals surface area contributed by atoms with Crippen molar-refractivity contribution in [3.63, 3.8) is 0 Å². The van der Waals surface area contributed by atoms with Gasteiger partial charge in [0, 0.05) is 35.9 Å². The number of nitrogens with one attached hydrogen (secondary N) is 1. The minimum atomic E-state index is -0.0128. The Kier molecular flexibility index (Phi) is 5.57. The summed E-state index contributed by atoms with van der Waals surface area (Å²) in [7, 11) is 0. The van der Waals surface area contributed by atoms with Crippen molar-refractivity contribution < 1.29 is 0 Å². The maximum Gasteiger partial charge on any atom is 0.250 e. The summed E-state index contributed by atoms with van der Waals surface area (Å²) in [5, 5.41) is 4.67. The van der Waals surface area contributed by atoms with E-state index in [1.54, 1.807) is 35.0 Å². The molecule has 1 aromatic carbocycles. The molecule has 1 aromatic heterocycles. The molecule has 112 valence electrons. The second-order valence-electron chi connectivity index (χ2n) is 4.62. The van der Waals surface area contributed by atoms with Crippen LogP contribution in [0.25, 0.3) is 0 Å². The van der Waals surface area contributed by atoms with Crippen molar-refractivity contribution in [2.24, 2.45) is 0 Å². The molecule has 2 rings (SSSR count). The van der Waals surface area contributed by atoms with Gasteiger partial charge in [-0.3, -0.25) is 4.79 Å². The number of anilines is 1. The zero-order chi connectivity index (χ0) is 15.4. The Morgan fingerprint density at radius 1 is 1.10 bits per heavy atom. The van der Waals surface area contributed by atoms with E-state index in [2.05, 4.69) is 5.32 Å². The Bertz CT molecular complexity index is 698. The molecule has 0 atom stereocenters. The molecule has 0 aliphatic carbocycles. The first-order chi connectivity index (χ1) is 10.0. The summed E-state index contributed by atoms with van der Waals surface area (Å²) in [6, 6.07) is 6.65. The first-order valence-electron chi connectivity index (χ1n) is 6.59. The molecular weight excluding hydrogens is 331 g/mol. The lowest BCUT2D eigenvalue weighted by molar-refractivity contribution is 0.655. The van der Waals surface area contributed by atoms with Gasteiger partial charge in [-0.05, 0) is 24.6 Å². The Morgan fingerprint density at radius 3 is 2.52 bits per heavy atom. The van der Waals surface area contributed by atoms with Crippen molar-refractivity contribution >= 4 is 40.5 Å². The Balaban J connectivity index is 2.19. The first kappa shape index (κ1) is 16.2. The number of aromatic nitrogens is 1. The van der Waals surface area contributed by atoms with Crippen molar-refractivity contribution in [1.82, 2.24) is 4.57 Å². The van der Waals surface area contributed by atoms with Crippen molar-refractivity contribution in [2.45, 2.75) is 26.4 Å². The zero-order valence-electron chi connectivity index (χ0n) is 11.5. The van der Waals surface area contributed by atoms with E-state index < -0.39 is 0 Å². The second kappa shape index (κ2) is 7.21. The number of rotatable bonds is 5. The Morgan fingerprint density at radius 2 is 1.81 bits per heavy atom. The minimum Gasteiger partial charge on any atom is -0.380 e. The summed E-state index contributed by atoms with van der Waals surface area (Å²) < 4.78 is 1.67. The lowest BCUT2D eigenvalue weighted by atomic mass is 10.2. The molecule has 0 aliphatic heterocycles. The molecule has 6 heteroatoms. The lowest BCUT2D eigenvalue weighted by Gasteiger charge is -2.12. The van der Waals surface area contributed by atoms with Crippen molar-refractivity contribution in [3.05, 3.63) is 61.4 Å². The van der Waals surface area contributed by atoms with Gasteiger partial charge in [-0.2, -0.15) is 0 Å². The molecule has 0 saturated heterocycles. The van der Waals surface area contributed by atoms with Gasteiger partial charge in [0.15, 0.2) is 0 Å². The minimum absolute atomic E-state index is 0.0128. The largest absolute Gasteiger partial charge is 0.380 e. The third-order valence-electron chi connectivity index (χ3n) is 3.06. The van der Waals surface area contributed by atoms with E-state index in [1.807, 2.05) is 6.92 Å². The highest BCUT2D eigenvalue weighted by Crippen LogP contribution is 2.31. The van der Waals surface area contributed by atoms with Crippen LogP contribution in [0, 0.1) is 0 Å². The summed E-state index contributed by atoms with van der Waals surface area (Å²) in [4.78, 5) is 11.7. The molecule has 2 aromatic rings. The van der Waals surface area contributed by atoms with Crippen LogP contribution in [0.4, 0.5) is 5.69 Å². The van der Waals surface area contributed by atoms with Crippen molar-refractivity contribution in [2.75, 3.05) is 5.32 Å². The number of nitrogens with zero attached hydrogens (tertiary/aromatic N) is 1. The normalized spacial score (nSPS) is 10.7. The van der Waals surface area contributed by atoms with E-state index >= 15 is 0 Å². The highest BCUT2D eigenvalue weighted by molar-refractivity contribution is 6.44. The van der Waals surface area contributed by atoms with Gasteiger partial charge in [0.25, 0.3) is 5.56 Å². The van der Waals surface area contributed by atoms with Gasteiger partial charge in [-0.25, -0.2) is 0 Å². The van der Waals surface area contributed by atoms with E-state index in [1.165, 1.54) is 0 Å². The summed E-state index contributed by atoms with van der Waals surface area (Å²) in [5.74, 6) is 0. The molecule has 0 unspecified atom stereocenters. The first-order valence-corrected chi connectivity index (χ1v) is 7.73. The van der Waals surface area contributed by atoms with E-state index in [4.69, 9.17) is 34.8 Å². The number of hydrogen-bond acceptors (Lipinski definition) is 2. The average Bonchev–Trinajstić information content (AvgIpc) is 2.46. The highest BCUT2D eigenvalue weighted by atomic mass is 35.5. The zero-order valence-corrected chi connectivity index (χ0v) is 13.8. The standard InChI is InChI=1S/C15H15Cl3N2O/c1-2-7-20-9-10(3-6-14(20)21)19-8-11-12(16)4-5-13(17)15(11)18/h3-6,9,19H,2,7-8H2,1H3. The molecule has 0 spiro atoms. The molecule has 21 heavy (non-hydrogen) atoms. The van der Waals surface area contributed by atoms with Crippen LogP contribution in [0.3, 0.4) is 0 Å². The van der Waals surface area contributed by atoms with Gasteiger partial charge in [-0.15, -0.1) is 0 Å². The fourth-order valence-electron chi connectivity index (χ4n) is 1.97. The van der Waals surface area contributed by atoms with Crippen LogP contribution in [-0.2, 0) is 13.1 Å². The van der Waals surface area contributed by atoms with Crippen LogP contribution >= 0.6 is 34.8 Å². The smallest absolute Gasteiger partial charge is 0.250 e. The fourth-order valence-corrected chi connectivity index (χ4v) is 2.65. The number of pyridine rings is 1. The van der Waals surface area contributed by atoms with Gasteiger partial charge in [0.2, 0.25) is 0 Å². The van der Waals surface area contributed by atoms with Crippen LogP contribution in [0.5, 0.6) is 0 Å². The van der Waals surface area contributed by atoms with E-state index in [0.29, 0.717) is 28.2 Å². The van der Waals surface area contributed by atoms with Gasteiger partial charge in [0.1, 0.15) is 0 Å². The van der Waals surface area contributed by atoms with Gasteiger partial charge in [0.05, 0.1) is 15.7 Å². The van der Waals surface area contributed by atoms with E-state index in [0.717, 1.165) is 17.7 Å². The molecule has 0 saturated carbocycles. The molecule has 0 bridgehead atoms. The molecule has 0 amide bonds. The van der Waals surface area contributed by atoms with Gasteiger partial charge in [-0.1, -0.05) is 41.7 Å². The number of aryl methyl sites for hydroxylation is 1. The summed E-state index contributed by atoms with van der Waals surface area (Å²) in [6.45, 7) is 3.15. The summed E-state index contributed by atoms with van der Waals surface area (Å²) >= 11 is 18.3. The quantitative estimate of drug-likeness (QED) is 0.787. The number of hydrogen-bond donors (Lipinski definition) is 1. The number of halogens is 3. The Labute approximate surface area is 138 Å². The van der Waals surface area contributed by atoms with Crippen LogP contribution in [0.1, 0.15) is 18.9 Å². The molecule has 1 N–H and O–H groups in total. The maximum absolute atomic E-state index is 11.7. The highest BCUT2D eigenvalue weighted by Gasteiger charge is 2.09. The predicted octanol–water partition coefficient (Wildman–Crippen LogP) is 4.83. The van der Waals surface area contributed by atoms with Gasteiger partial charge < -0.3 is 9.88 Å². The summed E-state index contributed by atoms with van der Waals surface area (Å²) in [5.41, 5.74) is 1.55. The number of benzene rings is 1. The van der Waals surface area contributed by atoms with Crippen molar-refractivity contribution in [1.29, 1.82) is 0 Å². The topological polar surface area (TPSA) is 34.0 Å². The van der Waals surface area contributed by atoms with Crippen LogP contribution in [0.15, 0.2) is 35.3 Å². The molecule has 0 aliphatic rings. The fraction of sp³-hybridized carbons (Fsp3) is 0.267. The molecule has 1 heterocycles. The van der Waals surface area contributed by atoms with E-state index in [-0.39, 0.29) is 5.56 Å². The van der Waals surface area contributed by atoms with Crippen LogP contribution < -0.4 is 10.9 Å². The van der Waals surface area contributed by atoms with Gasteiger partial charge >= 0.3 is 0 Å². The van der Waals surface area contributed by atoms with Crippen molar-refractivity contribution in [3.8, 4) is 0 Å². The molecular formula is C15H15Cl3N2O. The molecule has 3 nitrogen and oxygen atoms in total. The average molecular weight is 346 g/mol. The van der Waals surface area contributed by atoms with E-state index in [9.17, 15) is 4.79 Å². The third-order valence-corrected chi connectivity index (χ3v) is 4.25. The second-order valence-corrected chi connectivity index (χ2v) is 5.82. The molecule has 0 fully saturated rings. The van der Waals surface area contributed by atoms with Crippen LogP contribution in [-0.4, -0.2) is 4.57 Å². The predicted molar refractivity (Wildman–Crippen MR) is 89.8 cm³/mol. The maximum atomic E-state index is 11.7. The van der Waals surface area contributed by atoms with Crippen LogP contribution in [0.2, 0.25) is 15.1 Å². The molecule has 0 radical (unpaired) electrons. The summed E-state index contributed by atoms with van der Waals surface area (Å²) in [6.07, 6.45) is 2.69. The third kappa shape index (κ3) is 3.94. The monoisotopic (exact) mass is 344 g/mol. The Hall–Kier alpha value is -1.16.